The number of rotatable bonds is 5. The monoisotopic (exact) mass is 465 g/mol. The van der Waals surface area contributed by atoms with Crippen LogP contribution >= 0.6 is 11.6 Å². The van der Waals surface area contributed by atoms with Crippen LogP contribution in [0.25, 0.3) is 0 Å². The number of nitrogens with zero attached hydrogens (tertiary/aromatic N) is 2. The molecule has 2 aliphatic rings. The van der Waals surface area contributed by atoms with E-state index >= 15 is 0 Å². The van der Waals surface area contributed by atoms with Crippen molar-refractivity contribution in [1.29, 1.82) is 0 Å². The summed E-state index contributed by atoms with van der Waals surface area (Å²) in [5, 5.41) is 0.184. The van der Waals surface area contributed by atoms with Gasteiger partial charge in [-0.1, -0.05) is 25.4 Å². The molecule has 1 fully saturated rings. The van der Waals surface area contributed by atoms with Crippen molar-refractivity contribution >= 4 is 38.9 Å². The third-order valence-electron chi connectivity index (χ3n) is 5.89. The highest BCUT2D eigenvalue weighted by Gasteiger charge is 2.37. The molecule has 2 aromatic rings. The van der Waals surface area contributed by atoms with Crippen LogP contribution in [0.3, 0.4) is 0 Å². The van der Waals surface area contributed by atoms with Gasteiger partial charge in [0.05, 0.1) is 17.1 Å². The van der Waals surface area contributed by atoms with Crippen molar-refractivity contribution in [3.8, 4) is 0 Å². The van der Waals surface area contributed by atoms with Gasteiger partial charge in [-0.25, -0.2) is 12.8 Å². The lowest BCUT2D eigenvalue weighted by Gasteiger charge is -2.24. The summed E-state index contributed by atoms with van der Waals surface area (Å²) >= 11 is 5.74. The molecule has 166 valence electrons. The maximum absolute atomic E-state index is 14.1. The van der Waals surface area contributed by atoms with Crippen molar-refractivity contribution in [3.63, 3.8) is 0 Å². The average Bonchev–Trinajstić information content (AvgIpc) is 3.31. The molecule has 4 rings (SSSR count). The molecule has 0 aliphatic carbocycles. The molecule has 31 heavy (non-hydrogen) atoms. The van der Waals surface area contributed by atoms with Crippen LogP contribution in [0.15, 0.2) is 41.3 Å². The van der Waals surface area contributed by atoms with E-state index in [9.17, 15) is 17.6 Å². The van der Waals surface area contributed by atoms with Crippen LogP contribution in [0.2, 0.25) is 5.02 Å². The minimum atomic E-state index is -4.00. The quantitative estimate of drug-likeness (QED) is 0.724. The first kappa shape index (κ1) is 21.9. The second kappa shape index (κ2) is 7.98. The number of hydrogen-bond acceptors (Lipinski definition) is 4. The number of amides is 1. The van der Waals surface area contributed by atoms with E-state index in [1.807, 2.05) is 23.6 Å². The zero-order valence-electron chi connectivity index (χ0n) is 17.5. The van der Waals surface area contributed by atoms with Crippen LogP contribution in [0.5, 0.6) is 0 Å². The van der Waals surface area contributed by atoms with Gasteiger partial charge in [-0.15, -0.1) is 0 Å². The molecule has 0 aromatic heterocycles. The highest BCUT2D eigenvalue weighted by atomic mass is 35.5. The van der Waals surface area contributed by atoms with Crippen LogP contribution in [0, 0.1) is 5.82 Å². The van der Waals surface area contributed by atoms with E-state index in [-0.39, 0.29) is 33.5 Å². The van der Waals surface area contributed by atoms with Crippen molar-refractivity contribution in [3.05, 3.63) is 52.8 Å². The van der Waals surface area contributed by atoms with Crippen LogP contribution in [0.4, 0.5) is 15.8 Å². The van der Waals surface area contributed by atoms with Crippen molar-refractivity contribution in [2.24, 2.45) is 0 Å². The molecule has 0 unspecified atom stereocenters. The van der Waals surface area contributed by atoms with E-state index in [1.165, 1.54) is 18.2 Å². The van der Waals surface area contributed by atoms with E-state index in [2.05, 4.69) is 4.72 Å². The zero-order chi connectivity index (χ0) is 22.4. The van der Waals surface area contributed by atoms with Crippen molar-refractivity contribution in [1.82, 2.24) is 4.90 Å². The molecule has 1 N–H and O–H groups in total. The normalized spacial score (nSPS) is 17.7. The molecule has 1 saturated heterocycles. The average molecular weight is 466 g/mol. The van der Waals surface area contributed by atoms with Crippen LogP contribution < -0.4 is 9.62 Å². The highest BCUT2D eigenvalue weighted by Crippen LogP contribution is 2.41. The predicted molar refractivity (Wildman–Crippen MR) is 120 cm³/mol. The summed E-state index contributed by atoms with van der Waals surface area (Å²) in [6, 6.07) is 8.60. The summed E-state index contributed by atoms with van der Waals surface area (Å²) in [4.78, 5) is 16.6. The van der Waals surface area contributed by atoms with Gasteiger partial charge in [-0.2, -0.15) is 0 Å². The smallest absolute Gasteiger partial charge is 0.261 e. The third-order valence-corrected chi connectivity index (χ3v) is 7.49. The first-order chi connectivity index (χ1) is 14.6. The molecule has 2 aromatic carbocycles. The Balaban J connectivity index is 1.60. The van der Waals surface area contributed by atoms with Gasteiger partial charge in [0.2, 0.25) is 5.91 Å². The topological polar surface area (TPSA) is 69.7 Å². The molecule has 2 heterocycles. The molecule has 0 bridgehead atoms. The summed E-state index contributed by atoms with van der Waals surface area (Å²) in [6.07, 6.45) is 2.08. The third kappa shape index (κ3) is 4.36. The van der Waals surface area contributed by atoms with Gasteiger partial charge in [0.1, 0.15) is 5.82 Å². The Morgan fingerprint density at radius 3 is 2.55 bits per heavy atom. The molecule has 9 heteroatoms. The standard InChI is InChI=1S/C22H25ClFN3O3S/c1-22(2)14-27(13-21(28)26-9-3-4-10-26)20-8-6-16(12-17(20)22)31(29,30)25-19-7-5-15(23)11-18(19)24/h5-8,11-12,25H,3-4,9-10,13-14H2,1-2H3. The van der Waals surface area contributed by atoms with Gasteiger partial charge in [-0.05, 0) is 54.8 Å². The molecule has 0 spiro atoms. The molecule has 0 saturated carbocycles. The molecule has 6 nitrogen and oxygen atoms in total. The summed E-state index contributed by atoms with van der Waals surface area (Å²) < 4.78 is 42.2. The molecule has 2 aliphatic heterocycles. The Bertz CT molecular complexity index is 1130. The molecular formula is C22H25ClFN3O3S. The minimum absolute atomic E-state index is 0.0430. The van der Waals surface area contributed by atoms with Gasteiger partial charge in [0.15, 0.2) is 0 Å². The Labute approximate surface area is 187 Å². The molecular weight excluding hydrogens is 441 g/mol. The number of sulfonamides is 1. The Hall–Kier alpha value is -2.32. The number of halogens is 2. The second-order valence-corrected chi connectivity index (χ2v) is 10.9. The van der Waals surface area contributed by atoms with Crippen LogP contribution in [0.1, 0.15) is 32.3 Å². The number of fused-ring (bicyclic) bond motifs is 1. The molecule has 0 radical (unpaired) electrons. The Morgan fingerprint density at radius 1 is 1.16 bits per heavy atom. The van der Waals surface area contributed by atoms with E-state index in [4.69, 9.17) is 11.6 Å². The number of nitrogens with one attached hydrogen (secondary N) is 1. The van der Waals surface area contributed by atoms with Crippen molar-refractivity contribution in [2.75, 3.05) is 35.8 Å². The lowest BCUT2D eigenvalue weighted by Crippen LogP contribution is -2.40. The van der Waals surface area contributed by atoms with E-state index < -0.39 is 15.8 Å². The minimum Gasteiger partial charge on any atom is -0.361 e. The van der Waals surface area contributed by atoms with E-state index in [0.717, 1.165) is 43.2 Å². The van der Waals surface area contributed by atoms with E-state index in [0.29, 0.717) is 6.54 Å². The van der Waals surface area contributed by atoms with Crippen LogP contribution in [-0.4, -0.2) is 45.4 Å². The fourth-order valence-electron chi connectivity index (χ4n) is 4.29. The van der Waals surface area contributed by atoms with E-state index in [1.54, 1.807) is 12.1 Å². The number of likely N-dealkylation sites (tertiary alicyclic amines) is 1. The van der Waals surface area contributed by atoms with Gasteiger partial charge in [0.25, 0.3) is 10.0 Å². The largest absolute Gasteiger partial charge is 0.361 e. The number of anilines is 2. The summed E-state index contributed by atoms with van der Waals surface area (Å²) in [5.41, 5.74) is 1.20. The Morgan fingerprint density at radius 2 is 1.87 bits per heavy atom. The maximum Gasteiger partial charge on any atom is 0.261 e. The van der Waals surface area contributed by atoms with Gasteiger partial charge < -0.3 is 9.80 Å². The second-order valence-electron chi connectivity index (χ2n) is 8.74. The fraction of sp³-hybridized carbons (Fsp3) is 0.409. The number of carbonyl (C=O) groups excluding carboxylic acids is 1. The fourth-order valence-corrected chi connectivity index (χ4v) is 5.55. The SMILES string of the molecule is CC1(C)CN(CC(=O)N2CCCC2)c2ccc(S(=O)(=O)Nc3ccc(Cl)cc3F)cc21. The highest BCUT2D eigenvalue weighted by molar-refractivity contribution is 7.92. The first-order valence-electron chi connectivity index (χ1n) is 10.2. The van der Waals surface area contributed by atoms with Gasteiger partial charge in [-0.3, -0.25) is 9.52 Å². The predicted octanol–water partition coefficient (Wildman–Crippen LogP) is 4.00. The van der Waals surface area contributed by atoms with Crippen molar-refractivity contribution in [2.45, 2.75) is 37.0 Å². The summed E-state index contributed by atoms with van der Waals surface area (Å²) in [6.45, 7) is 6.53. The lowest BCUT2D eigenvalue weighted by molar-refractivity contribution is -0.128. The number of hydrogen-bond donors (Lipinski definition) is 1. The number of carbonyl (C=O) groups is 1. The van der Waals surface area contributed by atoms with Crippen molar-refractivity contribution < 1.29 is 17.6 Å². The molecule has 0 atom stereocenters. The summed E-state index contributed by atoms with van der Waals surface area (Å²) in [7, 11) is -4.00. The zero-order valence-corrected chi connectivity index (χ0v) is 19.1. The Kier molecular flexibility index (Phi) is 5.64. The number of benzene rings is 2. The van der Waals surface area contributed by atoms with Crippen LogP contribution in [-0.2, 0) is 20.2 Å². The summed E-state index contributed by atoms with van der Waals surface area (Å²) in [5.74, 6) is -0.651. The lowest BCUT2D eigenvalue weighted by atomic mass is 9.87. The first-order valence-corrected chi connectivity index (χ1v) is 12.1. The molecule has 1 amide bonds. The van der Waals surface area contributed by atoms with Gasteiger partial charge in [0, 0.05) is 35.8 Å². The maximum atomic E-state index is 14.1. The van der Waals surface area contributed by atoms with Gasteiger partial charge >= 0.3 is 0 Å².